The summed E-state index contributed by atoms with van der Waals surface area (Å²) < 4.78 is 5.40. The lowest BCUT2D eigenvalue weighted by Gasteiger charge is -2.23. The van der Waals surface area contributed by atoms with Crippen LogP contribution in [0.1, 0.15) is 6.92 Å². The van der Waals surface area contributed by atoms with Gasteiger partial charge in [-0.2, -0.15) is 0 Å². The maximum absolute atomic E-state index is 9.38. The molecule has 1 rings (SSSR count). The number of aliphatic hydroxyl groups is 1. The number of nitrogens with two attached hydrogens (primary N) is 1. The SMILES string of the molecule is CC1COCCN(C[C@@H](O)CN)C1. The minimum absolute atomic E-state index is 0.339. The molecule has 0 aromatic heterocycles. The van der Waals surface area contributed by atoms with E-state index in [1.807, 2.05) is 0 Å². The van der Waals surface area contributed by atoms with Crippen LogP contribution in [0.4, 0.5) is 0 Å². The zero-order valence-electron chi connectivity index (χ0n) is 8.28. The average Bonchev–Trinajstić information content (AvgIpc) is 2.30. The molecule has 1 heterocycles. The minimum atomic E-state index is -0.398. The highest BCUT2D eigenvalue weighted by molar-refractivity contribution is 4.70. The topological polar surface area (TPSA) is 58.7 Å². The van der Waals surface area contributed by atoms with Crippen molar-refractivity contribution in [2.75, 3.05) is 39.4 Å². The third-order valence-corrected chi connectivity index (χ3v) is 2.27. The predicted molar refractivity (Wildman–Crippen MR) is 51.5 cm³/mol. The van der Waals surface area contributed by atoms with Crippen LogP contribution in [0, 0.1) is 5.92 Å². The molecule has 1 aliphatic heterocycles. The van der Waals surface area contributed by atoms with E-state index in [-0.39, 0.29) is 0 Å². The molecule has 2 atom stereocenters. The molecule has 0 aromatic rings. The molecule has 0 spiro atoms. The van der Waals surface area contributed by atoms with E-state index >= 15 is 0 Å². The summed E-state index contributed by atoms with van der Waals surface area (Å²) in [6, 6.07) is 0. The zero-order chi connectivity index (χ0) is 9.68. The molecule has 0 radical (unpaired) electrons. The highest BCUT2D eigenvalue weighted by Gasteiger charge is 2.16. The molecule has 0 amide bonds. The van der Waals surface area contributed by atoms with Crippen molar-refractivity contribution < 1.29 is 9.84 Å². The van der Waals surface area contributed by atoms with Crippen molar-refractivity contribution >= 4 is 0 Å². The lowest BCUT2D eigenvalue weighted by molar-refractivity contribution is 0.107. The summed E-state index contributed by atoms with van der Waals surface area (Å²) in [5.41, 5.74) is 5.36. The summed E-state index contributed by atoms with van der Waals surface area (Å²) in [5, 5.41) is 9.38. The normalized spacial score (nSPS) is 28.4. The minimum Gasteiger partial charge on any atom is -0.390 e. The Balaban J connectivity index is 2.30. The third-order valence-electron chi connectivity index (χ3n) is 2.27. The van der Waals surface area contributed by atoms with Crippen LogP contribution in [-0.2, 0) is 4.74 Å². The van der Waals surface area contributed by atoms with Gasteiger partial charge in [-0.3, -0.25) is 4.90 Å². The lowest BCUT2D eigenvalue weighted by Crippen LogP contribution is -2.39. The van der Waals surface area contributed by atoms with Crippen LogP contribution in [0.15, 0.2) is 0 Å². The van der Waals surface area contributed by atoms with E-state index in [1.54, 1.807) is 0 Å². The maximum atomic E-state index is 9.38. The quantitative estimate of drug-likeness (QED) is 0.613. The van der Waals surface area contributed by atoms with Gasteiger partial charge in [-0.05, 0) is 5.92 Å². The molecule has 0 saturated carbocycles. The lowest BCUT2D eigenvalue weighted by atomic mass is 10.2. The van der Waals surface area contributed by atoms with E-state index in [4.69, 9.17) is 10.5 Å². The van der Waals surface area contributed by atoms with Crippen molar-refractivity contribution in [1.82, 2.24) is 4.90 Å². The highest BCUT2D eigenvalue weighted by Crippen LogP contribution is 2.06. The van der Waals surface area contributed by atoms with Gasteiger partial charge < -0.3 is 15.6 Å². The number of hydrogen-bond donors (Lipinski definition) is 2. The van der Waals surface area contributed by atoms with Crippen molar-refractivity contribution in [2.24, 2.45) is 11.7 Å². The Morgan fingerprint density at radius 1 is 1.69 bits per heavy atom. The van der Waals surface area contributed by atoms with E-state index in [0.717, 1.165) is 26.3 Å². The van der Waals surface area contributed by atoms with Gasteiger partial charge in [0, 0.05) is 26.2 Å². The van der Waals surface area contributed by atoms with Gasteiger partial charge in [0.25, 0.3) is 0 Å². The molecular formula is C9H20N2O2. The van der Waals surface area contributed by atoms with Gasteiger partial charge in [0.1, 0.15) is 0 Å². The van der Waals surface area contributed by atoms with Crippen LogP contribution in [0.3, 0.4) is 0 Å². The van der Waals surface area contributed by atoms with Crippen LogP contribution in [0.25, 0.3) is 0 Å². The summed E-state index contributed by atoms with van der Waals surface area (Å²) in [6.07, 6.45) is -0.398. The first-order valence-electron chi connectivity index (χ1n) is 4.90. The van der Waals surface area contributed by atoms with Gasteiger partial charge in [0.2, 0.25) is 0 Å². The summed E-state index contributed by atoms with van der Waals surface area (Å²) >= 11 is 0. The Hall–Kier alpha value is -0.160. The molecule has 1 aliphatic rings. The first kappa shape index (κ1) is 10.9. The molecule has 0 aliphatic carbocycles. The molecule has 1 saturated heterocycles. The van der Waals surface area contributed by atoms with Crippen molar-refractivity contribution in [3.05, 3.63) is 0 Å². The maximum Gasteiger partial charge on any atom is 0.0789 e. The fourth-order valence-electron chi connectivity index (χ4n) is 1.60. The number of ether oxygens (including phenoxy) is 1. The van der Waals surface area contributed by atoms with Crippen molar-refractivity contribution in [3.8, 4) is 0 Å². The molecule has 78 valence electrons. The van der Waals surface area contributed by atoms with Gasteiger partial charge in [0.05, 0.1) is 19.3 Å². The average molecular weight is 188 g/mol. The number of hydrogen-bond acceptors (Lipinski definition) is 4. The molecule has 0 bridgehead atoms. The predicted octanol–water partition coefficient (Wildman–Crippen LogP) is -0.726. The second-order valence-electron chi connectivity index (χ2n) is 3.83. The monoisotopic (exact) mass is 188 g/mol. The zero-order valence-corrected chi connectivity index (χ0v) is 8.28. The van der Waals surface area contributed by atoms with Gasteiger partial charge >= 0.3 is 0 Å². The number of rotatable bonds is 3. The van der Waals surface area contributed by atoms with Gasteiger partial charge in [-0.15, -0.1) is 0 Å². The van der Waals surface area contributed by atoms with E-state index in [0.29, 0.717) is 19.0 Å². The second kappa shape index (κ2) is 5.54. The van der Waals surface area contributed by atoms with E-state index in [1.165, 1.54) is 0 Å². The Bertz CT molecular complexity index is 144. The van der Waals surface area contributed by atoms with Crippen molar-refractivity contribution in [3.63, 3.8) is 0 Å². The fourth-order valence-corrected chi connectivity index (χ4v) is 1.60. The summed E-state index contributed by atoms with van der Waals surface area (Å²) in [7, 11) is 0. The molecule has 4 nitrogen and oxygen atoms in total. The highest BCUT2D eigenvalue weighted by atomic mass is 16.5. The summed E-state index contributed by atoms with van der Waals surface area (Å²) in [6.45, 7) is 6.67. The fraction of sp³-hybridized carbons (Fsp3) is 1.00. The smallest absolute Gasteiger partial charge is 0.0789 e. The van der Waals surface area contributed by atoms with E-state index < -0.39 is 6.10 Å². The standard InChI is InChI=1S/C9H20N2O2/c1-8-5-11(2-3-13-7-8)6-9(12)4-10/h8-9,12H,2-7,10H2,1H3/t8?,9-/m0/s1. The van der Waals surface area contributed by atoms with Crippen LogP contribution in [0.2, 0.25) is 0 Å². The van der Waals surface area contributed by atoms with Crippen LogP contribution in [0.5, 0.6) is 0 Å². The van der Waals surface area contributed by atoms with Gasteiger partial charge in [-0.25, -0.2) is 0 Å². The Morgan fingerprint density at radius 3 is 3.15 bits per heavy atom. The van der Waals surface area contributed by atoms with Crippen LogP contribution >= 0.6 is 0 Å². The van der Waals surface area contributed by atoms with Crippen molar-refractivity contribution in [2.45, 2.75) is 13.0 Å². The second-order valence-corrected chi connectivity index (χ2v) is 3.83. The van der Waals surface area contributed by atoms with Crippen LogP contribution in [-0.4, -0.2) is 55.5 Å². The first-order chi connectivity index (χ1) is 6.22. The van der Waals surface area contributed by atoms with Gasteiger partial charge in [0.15, 0.2) is 0 Å². The van der Waals surface area contributed by atoms with E-state index in [9.17, 15) is 5.11 Å². The van der Waals surface area contributed by atoms with Gasteiger partial charge in [-0.1, -0.05) is 6.92 Å². The molecule has 0 aromatic carbocycles. The molecule has 1 fully saturated rings. The first-order valence-corrected chi connectivity index (χ1v) is 4.90. The summed E-state index contributed by atoms with van der Waals surface area (Å²) in [4.78, 5) is 2.22. The number of β-amino-alcohol motifs (C(OH)–C–C–N with tert-alkyl or cyclic N) is 1. The molecule has 13 heavy (non-hydrogen) atoms. The third kappa shape index (κ3) is 4.04. The molecule has 1 unspecified atom stereocenters. The Labute approximate surface area is 79.7 Å². The largest absolute Gasteiger partial charge is 0.390 e. The number of nitrogens with zero attached hydrogens (tertiary/aromatic N) is 1. The Kier molecular flexibility index (Phi) is 4.66. The van der Waals surface area contributed by atoms with Crippen LogP contribution < -0.4 is 5.73 Å². The molecular weight excluding hydrogens is 168 g/mol. The van der Waals surface area contributed by atoms with Crippen molar-refractivity contribution in [1.29, 1.82) is 0 Å². The number of aliphatic hydroxyl groups excluding tert-OH is 1. The van der Waals surface area contributed by atoms with E-state index in [2.05, 4.69) is 11.8 Å². The molecule has 3 N–H and O–H groups in total. The Morgan fingerprint density at radius 2 is 2.46 bits per heavy atom. The summed E-state index contributed by atoms with van der Waals surface area (Å²) in [5.74, 6) is 0.549. The molecule has 4 heteroatoms.